The second-order valence-electron chi connectivity index (χ2n) is 6.41. The van der Waals surface area contributed by atoms with Gasteiger partial charge in [-0.1, -0.05) is 12.1 Å². The molecule has 1 aromatic heterocycles. The van der Waals surface area contributed by atoms with Crippen molar-refractivity contribution in [2.24, 2.45) is 0 Å². The number of piperazine rings is 1. The van der Waals surface area contributed by atoms with Crippen molar-refractivity contribution in [2.75, 3.05) is 56.0 Å². The fourth-order valence-corrected chi connectivity index (χ4v) is 3.07. The van der Waals surface area contributed by atoms with Crippen LogP contribution >= 0.6 is 0 Å². The number of hydrogen-bond acceptors (Lipinski definition) is 9. The number of ether oxygens (including phenoxy) is 2. The number of methoxy groups -OCH3 is 1. The van der Waals surface area contributed by atoms with Crippen molar-refractivity contribution in [3.05, 3.63) is 36.2 Å². The number of nitrogens with one attached hydrogen (secondary N) is 2. The van der Waals surface area contributed by atoms with Crippen LogP contribution in [0, 0.1) is 0 Å². The molecule has 160 valence electrons. The molecule has 1 saturated heterocycles. The van der Waals surface area contributed by atoms with Crippen LogP contribution in [0.4, 0.5) is 22.1 Å². The Bertz CT molecular complexity index is 900. The molecule has 4 N–H and O–H groups in total. The largest absolute Gasteiger partial charge is 0.496 e. The Morgan fingerprint density at radius 3 is 2.60 bits per heavy atom. The van der Waals surface area contributed by atoms with E-state index in [0.29, 0.717) is 55.6 Å². The van der Waals surface area contributed by atoms with Crippen molar-refractivity contribution < 1.29 is 19.1 Å². The molecule has 0 radical (unpaired) electrons. The first kappa shape index (κ1) is 21.0. The third-order valence-electron chi connectivity index (χ3n) is 4.61. The number of nitrogens with two attached hydrogens (primary N) is 1. The predicted octanol–water partition coefficient (Wildman–Crippen LogP) is 1.10. The van der Waals surface area contributed by atoms with Gasteiger partial charge < -0.3 is 25.0 Å². The molecule has 1 fully saturated rings. The summed E-state index contributed by atoms with van der Waals surface area (Å²) in [4.78, 5) is 36.3. The minimum atomic E-state index is -0.393. The van der Waals surface area contributed by atoms with E-state index in [-0.39, 0.29) is 11.9 Å². The van der Waals surface area contributed by atoms with Crippen molar-refractivity contribution >= 4 is 29.3 Å². The summed E-state index contributed by atoms with van der Waals surface area (Å²) in [5.41, 5.74) is 12.2. The maximum absolute atomic E-state index is 12.5. The first-order valence-electron chi connectivity index (χ1n) is 9.51. The molecule has 1 aliphatic heterocycles. The van der Waals surface area contributed by atoms with Crippen LogP contribution in [-0.4, -0.2) is 66.8 Å². The number of hydrogen-bond donors (Lipinski definition) is 3. The van der Waals surface area contributed by atoms with Gasteiger partial charge in [0, 0.05) is 26.2 Å². The summed E-state index contributed by atoms with van der Waals surface area (Å²) in [6.07, 6.45) is 1.04. The van der Waals surface area contributed by atoms with Crippen LogP contribution < -0.4 is 26.2 Å². The van der Waals surface area contributed by atoms with E-state index in [1.807, 2.05) is 4.90 Å². The molecule has 0 aliphatic carbocycles. The van der Waals surface area contributed by atoms with Crippen molar-refractivity contribution in [1.29, 1.82) is 0 Å². The van der Waals surface area contributed by atoms with Gasteiger partial charge in [0.15, 0.2) is 11.6 Å². The standard InChI is InChI=1S/C19H25N7O4/c1-3-30-19(28)26-10-8-25(9-11-26)17-15(20)16(21-12-22-17)23-24-18(27)13-6-4-5-7-14(13)29-2/h4-7,12H,3,8-11,20H2,1-2H3,(H,24,27)(H,21,22,23). The topological polar surface area (TPSA) is 135 Å². The second kappa shape index (κ2) is 9.63. The van der Waals surface area contributed by atoms with E-state index in [0.717, 1.165) is 0 Å². The quantitative estimate of drug-likeness (QED) is 0.593. The fourth-order valence-electron chi connectivity index (χ4n) is 3.07. The van der Waals surface area contributed by atoms with Crippen LogP contribution in [0.5, 0.6) is 5.75 Å². The van der Waals surface area contributed by atoms with Crippen molar-refractivity contribution in [2.45, 2.75) is 6.92 Å². The molecule has 2 aromatic rings. The lowest BCUT2D eigenvalue weighted by atomic mass is 10.2. The summed E-state index contributed by atoms with van der Waals surface area (Å²) in [6.45, 7) is 4.20. The van der Waals surface area contributed by atoms with Gasteiger partial charge in [-0.15, -0.1) is 0 Å². The van der Waals surface area contributed by atoms with E-state index < -0.39 is 5.91 Å². The number of para-hydroxylation sites is 1. The Morgan fingerprint density at radius 2 is 1.90 bits per heavy atom. The van der Waals surface area contributed by atoms with Crippen molar-refractivity contribution in [3.63, 3.8) is 0 Å². The Kier molecular flexibility index (Phi) is 6.73. The SMILES string of the molecule is CCOC(=O)N1CCN(c2ncnc(NNC(=O)c3ccccc3OC)c2N)CC1. The van der Waals surface area contributed by atoms with Gasteiger partial charge in [-0.2, -0.15) is 0 Å². The van der Waals surface area contributed by atoms with Crippen LogP contribution in [0.25, 0.3) is 0 Å². The molecular weight excluding hydrogens is 390 g/mol. The van der Waals surface area contributed by atoms with Gasteiger partial charge in [0.05, 0.1) is 19.3 Å². The number of rotatable bonds is 6. The fraction of sp³-hybridized carbons (Fsp3) is 0.368. The lowest BCUT2D eigenvalue weighted by Crippen LogP contribution is -2.49. The lowest BCUT2D eigenvalue weighted by Gasteiger charge is -2.35. The van der Waals surface area contributed by atoms with Gasteiger partial charge >= 0.3 is 6.09 Å². The molecule has 0 bridgehead atoms. The molecule has 0 spiro atoms. The summed E-state index contributed by atoms with van der Waals surface area (Å²) in [5, 5.41) is 0. The lowest BCUT2D eigenvalue weighted by molar-refractivity contribution is 0.0959. The molecule has 2 heterocycles. The minimum absolute atomic E-state index is 0.274. The average Bonchev–Trinajstić information content (AvgIpc) is 2.78. The van der Waals surface area contributed by atoms with E-state index in [1.54, 1.807) is 36.1 Å². The smallest absolute Gasteiger partial charge is 0.409 e. The molecule has 3 rings (SSSR count). The molecule has 2 amide bonds. The zero-order valence-electron chi connectivity index (χ0n) is 16.9. The van der Waals surface area contributed by atoms with Crippen molar-refractivity contribution in [1.82, 2.24) is 20.3 Å². The summed E-state index contributed by atoms with van der Waals surface area (Å²) in [5.74, 6) is 0.862. The normalized spacial score (nSPS) is 13.5. The number of hydrazine groups is 1. The highest BCUT2D eigenvalue weighted by Crippen LogP contribution is 2.26. The number of anilines is 3. The Morgan fingerprint density at radius 1 is 1.17 bits per heavy atom. The van der Waals surface area contributed by atoms with Crippen LogP contribution in [0.3, 0.4) is 0 Å². The Labute approximate surface area is 174 Å². The summed E-state index contributed by atoms with van der Waals surface area (Å²) in [7, 11) is 1.50. The zero-order valence-corrected chi connectivity index (χ0v) is 16.9. The molecule has 0 atom stereocenters. The molecule has 11 heteroatoms. The summed E-state index contributed by atoms with van der Waals surface area (Å²) in [6, 6.07) is 6.86. The van der Waals surface area contributed by atoms with Gasteiger partial charge in [-0.25, -0.2) is 14.8 Å². The molecule has 30 heavy (non-hydrogen) atoms. The highest BCUT2D eigenvalue weighted by Gasteiger charge is 2.25. The molecule has 1 aromatic carbocycles. The third kappa shape index (κ3) is 4.62. The van der Waals surface area contributed by atoms with Crippen LogP contribution in [-0.2, 0) is 4.74 Å². The Balaban J connectivity index is 1.64. The van der Waals surface area contributed by atoms with Gasteiger partial charge in [-0.3, -0.25) is 15.6 Å². The van der Waals surface area contributed by atoms with Gasteiger partial charge in [0.2, 0.25) is 0 Å². The van der Waals surface area contributed by atoms with Crippen LogP contribution in [0.15, 0.2) is 30.6 Å². The van der Waals surface area contributed by atoms with Crippen LogP contribution in [0.1, 0.15) is 17.3 Å². The number of carbonyl (C=O) groups is 2. The first-order chi connectivity index (χ1) is 14.5. The number of aromatic nitrogens is 2. The molecular formula is C19H25N7O4. The summed E-state index contributed by atoms with van der Waals surface area (Å²) < 4.78 is 10.2. The number of carbonyl (C=O) groups excluding carboxylic acids is 2. The van der Waals surface area contributed by atoms with Crippen molar-refractivity contribution in [3.8, 4) is 5.75 Å². The van der Waals surface area contributed by atoms with Gasteiger partial charge in [0.1, 0.15) is 17.8 Å². The molecule has 0 saturated carbocycles. The molecule has 0 unspecified atom stereocenters. The van der Waals surface area contributed by atoms with Gasteiger partial charge in [-0.05, 0) is 19.1 Å². The second-order valence-corrected chi connectivity index (χ2v) is 6.41. The van der Waals surface area contributed by atoms with E-state index in [1.165, 1.54) is 13.4 Å². The van der Waals surface area contributed by atoms with E-state index in [2.05, 4.69) is 20.8 Å². The number of amides is 2. The number of nitrogen functional groups attached to an aromatic ring is 1. The number of nitrogens with zero attached hydrogens (tertiary/aromatic N) is 4. The minimum Gasteiger partial charge on any atom is -0.496 e. The van der Waals surface area contributed by atoms with E-state index in [9.17, 15) is 9.59 Å². The molecule has 11 nitrogen and oxygen atoms in total. The highest BCUT2D eigenvalue weighted by molar-refractivity contribution is 5.97. The molecule has 1 aliphatic rings. The Hall–Kier alpha value is -3.76. The van der Waals surface area contributed by atoms with E-state index >= 15 is 0 Å². The van der Waals surface area contributed by atoms with E-state index in [4.69, 9.17) is 15.2 Å². The maximum Gasteiger partial charge on any atom is 0.409 e. The number of benzene rings is 1. The maximum atomic E-state index is 12.5. The third-order valence-corrected chi connectivity index (χ3v) is 4.61. The average molecular weight is 415 g/mol. The summed E-state index contributed by atoms with van der Waals surface area (Å²) >= 11 is 0. The first-order valence-corrected chi connectivity index (χ1v) is 9.51. The monoisotopic (exact) mass is 415 g/mol. The van der Waals surface area contributed by atoms with Gasteiger partial charge in [0.25, 0.3) is 5.91 Å². The van der Waals surface area contributed by atoms with Crippen LogP contribution in [0.2, 0.25) is 0 Å². The predicted molar refractivity (Wildman–Crippen MR) is 111 cm³/mol. The highest BCUT2D eigenvalue weighted by atomic mass is 16.6. The zero-order chi connectivity index (χ0) is 21.5.